The van der Waals surface area contributed by atoms with Crippen LogP contribution < -0.4 is 0 Å². The zero-order chi connectivity index (χ0) is 17.9. The van der Waals surface area contributed by atoms with E-state index in [9.17, 15) is 0 Å². The van der Waals surface area contributed by atoms with Gasteiger partial charge >= 0.3 is 0 Å². The van der Waals surface area contributed by atoms with E-state index in [1.807, 2.05) is 22.8 Å². The van der Waals surface area contributed by atoms with Crippen molar-refractivity contribution in [2.24, 2.45) is 0 Å². The van der Waals surface area contributed by atoms with Gasteiger partial charge in [0.15, 0.2) is 15.6 Å². The van der Waals surface area contributed by atoms with Crippen LogP contribution >= 0.6 is 27.7 Å². The number of fused-ring (bicyclic) bond motifs is 1. The molecule has 0 unspecified atom stereocenters. The molecule has 0 saturated heterocycles. The van der Waals surface area contributed by atoms with Crippen molar-refractivity contribution in [1.82, 2.24) is 14.8 Å². The first-order valence-electron chi connectivity index (χ1n) is 8.15. The summed E-state index contributed by atoms with van der Waals surface area (Å²) in [4.78, 5) is 0. The van der Waals surface area contributed by atoms with Crippen molar-refractivity contribution in [3.63, 3.8) is 0 Å². The van der Waals surface area contributed by atoms with Crippen LogP contribution in [0.3, 0.4) is 0 Å². The number of benzene rings is 2. The summed E-state index contributed by atoms with van der Waals surface area (Å²) in [5.74, 6) is 2.21. The second-order valence-corrected chi connectivity index (χ2v) is 7.46. The van der Waals surface area contributed by atoms with Crippen LogP contribution in [0.25, 0.3) is 22.4 Å². The molecule has 0 fully saturated rings. The third kappa shape index (κ3) is 3.34. The van der Waals surface area contributed by atoms with E-state index in [-0.39, 0.29) is 0 Å². The van der Waals surface area contributed by atoms with Crippen LogP contribution in [0.5, 0.6) is 0 Å². The van der Waals surface area contributed by atoms with Gasteiger partial charge in [-0.05, 0) is 44.4 Å². The van der Waals surface area contributed by atoms with E-state index in [1.165, 1.54) is 16.3 Å². The van der Waals surface area contributed by atoms with Gasteiger partial charge in [0.1, 0.15) is 0 Å². The molecular weight excluding hydrogens is 410 g/mol. The molecule has 0 amide bonds. The summed E-state index contributed by atoms with van der Waals surface area (Å²) in [7, 11) is 0. The summed E-state index contributed by atoms with van der Waals surface area (Å²) < 4.78 is 8.33. The maximum absolute atomic E-state index is 5.64. The van der Waals surface area contributed by atoms with E-state index in [1.54, 1.807) is 11.8 Å². The number of aromatic nitrogens is 3. The number of halogens is 1. The van der Waals surface area contributed by atoms with Gasteiger partial charge in [-0.3, -0.25) is 4.57 Å². The fourth-order valence-corrected chi connectivity index (χ4v) is 4.12. The van der Waals surface area contributed by atoms with Gasteiger partial charge < -0.3 is 4.42 Å². The Kier molecular flexibility index (Phi) is 4.95. The number of allylic oxidation sites excluding steroid dienone is 1. The van der Waals surface area contributed by atoms with E-state index in [0.29, 0.717) is 22.8 Å². The molecule has 2 aromatic carbocycles. The highest BCUT2D eigenvalue weighted by Crippen LogP contribution is 2.30. The SMILES string of the molecule is C=CCn1c(SCc2cccc3ccccc23)nnc1-c1ccc(Br)o1. The van der Waals surface area contributed by atoms with Gasteiger partial charge in [0.25, 0.3) is 0 Å². The summed E-state index contributed by atoms with van der Waals surface area (Å²) in [5, 5.41) is 12.1. The molecular formula is C20H16BrN3OS. The molecule has 4 nitrogen and oxygen atoms in total. The first kappa shape index (κ1) is 17.1. The number of nitrogens with zero attached hydrogens (tertiary/aromatic N) is 3. The highest BCUT2D eigenvalue weighted by molar-refractivity contribution is 9.10. The van der Waals surface area contributed by atoms with Crippen molar-refractivity contribution in [1.29, 1.82) is 0 Å². The predicted octanol–water partition coefficient (Wildman–Crippen LogP) is 5.93. The van der Waals surface area contributed by atoms with Crippen LogP contribution in [-0.2, 0) is 12.3 Å². The lowest BCUT2D eigenvalue weighted by molar-refractivity contribution is 0.545. The monoisotopic (exact) mass is 425 g/mol. The first-order valence-corrected chi connectivity index (χ1v) is 9.93. The van der Waals surface area contributed by atoms with Crippen molar-refractivity contribution < 1.29 is 4.42 Å². The zero-order valence-corrected chi connectivity index (χ0v) is 16.3. The first-order chi connectivity index (χ1) is 12.8. The van der Waals surface area contributed by atoms with E-state index in [4.69, 9.17) is 4.42 Å². The Morgan fingerprint density at radius 3 is 2.73 bits per heavy atom. The fourth-order valence-electron chi connectivity index (χ4n) is 2.87. The number of rotatable bonds is 6. The summed E-state index contributed by atoms with van der Waals surface area (Å²) in [6, 6.07) is 18.6. The minimum Gasteiger partial charge on any atom is -0.446 e. The number of hydrogen-bond donors (Lipinski definition) is 0. The van der Waals surface area contributed by atoms with E-state index in [2.05, 4.69) is 75.2 Å². The molecule has 0 spiro atoms. The Morgan fingerprint density at radius 2 is 1.92 bits per heavy atom. The van der Waals surface area contributed by atoms with Crippen molar-refractivity contribution >= 4 is 38.5 Å². The molecule has 0 N–H and O–H groups in total. The van der Waals surface area contributed by atoms with Crippen LogP contribution in [0.2, 0.25) is 0 Å². The average molecular weight is 426 g/mol. The van der Waals surface area contributed by atoms with Gasteiger partial charge in [-0.15, -0.1) is 16.8 Å². The molecule has 0 aliphatic rings. The Morgan fingerprint density at radius 1 is 1.08 bits per heavy atom. The molecule has 0 bridgehead atoms. The summed E-state index contributed by atoms with van der Waals surface area (Å²) in [6.07, 6.45) is 1.84. The largest absolute Gasteiger partial charge is 0.446 e. The molecule has 2 heterocycles. The molecule has 4 rings (SSSR count). The third-order valence-corrected chi connectivity index (χ3v) is 5.50. The summed E-state index contributed by atoms with van der Waals surface area (Å²) >= 11 is 5.00. The molecule has 130 valence electrons. The van der Waals surface area contributed by atoms with E-state index >= 15 is 0 Å². The molecule has 0 atom stereocenters. The van der Waals surface area contributed by atoms with Crippen molar-refractivity contribution in [2.75, 3.05) is 0 Å². The Hall–Kier alpha value is -2.31. The maximum Gasteiger partial charge on any atom is 0.200 e. The minimum atomic E-state index is 0.624. The topological polar surface area (TPSA) is 43.9 Å². The average Bonchev–Trinajstić information content (AvgIpc) is 3.26. The second-order valence-electron chi connectivity index (χ2n) is 5.74. The molecule has 0 aliphatic heterocycles. The summed E-state index contributed by atoms with van der Waals surface area (Å²) in [6.45, 7) is 4.47. The lowest BCUT2D eigenvalue weighted by Crippen LogP contribution is -2.00. The summed E-state index contributed by atoms with van der Waals surface area (Å²) in [5.41, 5.74) is 1.28. The van der Waals surface area contributed by atoms with Gasteiger partial charge in [0, 0.05) is 12.3 Å². The quantitative estimate of drug-likeness (QED) is 0.283. The highest BCUT2D eigenvalue weighted by Gasteiger charge is 2.16. The van der Waals surface area contributed by atoms with Crippen LogP contribution in [0, 0.1) is 0 Å². The fraction of sp³-hybridized carbons (Fsp3) is 0.100. The standard InChI is InChI=1S/C20H16BrN3OS/c1-2-12-24-19(17-10-11-18(21)25-17)22-23-20(24)26-13-15-8-5-7-14-6-3-4-9-16(14)15/h2-11H,1,12-13H2. The number of thioether (sulfide) groups is 1. The lowest BCUT2D eigenvalue weighted by Gasteiger charge is -2.08. The number of furan rings is 1. The van der Waals surface area contributed by atoms with Crippen LogP contribution in [0.1, 0.15) is 5.56 Å². The van der Waals surface area contributed by atoms with E-state index < -0.39 is 0 Å². The second kappa shape index (κ2) is 7.51. The Balaban J connectivity index is 1.64. The normalized spacial score (nSPS) is 11.1. The molecule has 0 aliphatic carbocycles. The Labute approximate surface area is 164 Å². The van der Waals surface area contributed by atoms with E-state index in [0.717, 1.165) is 10.9 Å². The minimum absolute atomic E-state index is 0.624. The van der Waals surface area contributed by atoms with Crippen LogP contribution in [0.4, 0.5) is 0 Å². The molecule has 2 aromatic heterocycles. The smallest absolute Gasteiger partial charge is 0.200 e. The van der Waals surface area contributed by atoms with Crippen LogP contribution in [-0.4, -0.2) is 14.8 Å². The van der Waals surface area contributed by atoms with Gasteiger partial charge in [0.2, 0.25) is 5.82 Å². The molecule has 0 saturated carbocycles. The number of hydrogen-bond acceptors (Lipinski definition) is 4. The molecule has 4 aromatic rings. The van der Waals surface area contributed by atoms with Crippen LogP contribution in [0.15, 0.2) is 81.5 Å². The van der Waals surface area contributed by atoms with Gasteiger partial charge in [-0.1, -0.05) is 60.3 Å². The van der Waals surface area contributed by atoms with Gasteiger partial charge in [0.05, 0.1) is 0 Å². The third-order valence-electron chi connectivity index (χ3n) is 4.06. The lowest BCUT2D eigenvalue weighted by atomic mass is 10.1. The Bertz CT molecular complexity index is 1060. The van der Waals surface area contributed by atoms with Gasteiger partial charge in [-0.25, -0.2) is 0 Å². The maximum atomic E-state index is 5.64. The molecule has 6 heteroatoms. The van der Waals surface area contributed by atoms with Crippen molar-refractivity contribution in [2.45, 2.75) is 17.5 Å². The van der Waals surface area contributed by atoms with Crippen molar-refractivity contribution in [3.05, 3.63) is 77.5 Å². The van der Waals surface area contributed by atoms with Crippen molar-refractivity contribution in [3.8, 4) is 11.6 Å². The molecule has 0 radical (unpaired) electrons. The van der Waals surface area contributed by atoms with Gasteiger partial charge in [-0.2, -0.15) is 0 Å². The zero-order valence-electron chi connectivity index (χ0n) is 13.9. The molecule has 26 heavy (non-hydrogen) atoms. The predicted molar refractivity (Wildman–Crippen MR) is 109 cm³/mol. The highest BCUT2D eigenvalue weighted by atomic mass is 79.9.